The van der Waals surface area contributed by atoms with Gasteiger partial charge in [0.2, 0.25) is 17.7 Å². The molecular weight excluding hydrogens is 1440 g/mol. The number of carboxylic acids is 6. The summed E-state index contributed by atoms with van der Waals surface area (Å²) in [5, 5.41) is 64.5. The van der Waals surface area contributed by atoms with Crippen LogP contribution in [0.25, 0.3) is 0 Å². The van der Waals surface area contributed by atoms with Crippen molar-refractivity contribution in [2.45, 2.75) is 129 Å². The molecule has 2 fully saturated rings. The minimum Gasteiger partial charge on any atom is -0.480 e. The van der Waals surface area contributed by atoms with Gasteiger partial charge in [0, 0.05) is 144 Å². The molecule has 30 heteroatoms. The maximum absolute atomic E-state index is 12.7. The fourth-order valence-corrected chi connectivity index (χ4v) is 9.77. The van der Waals surface area contributed by atoms with Crippen LogP contribution in [0.15, 0.2) is 0 Å². The maximum Gasteiger partial charge on any atom is 3.00 e. The maximum atomic E-state index is 12.7. The molecule has 506 valence electrons. The number of amides is 3. The number of nitrogens with zero attached hydrogens (tertiary/aromatic N) is 8. The normalized spacial score (nSPS) is 16.0. The van der Waals surface area contributed by atoms with Crippen LogP contribution >= 0.6 is 0 Å². The predicted octanol–water partition coefficient (Wildman–Crippen LogP) is 0.718. The molecule has 0 bridgehead atoms. The average molecular weight is 1550 g/mol. The van der Waals surface area contributed by atoms with E-state index in [2.05, 4.69) is 16.0 Å². The van der Waals surface area contributed by atoms with Crippen molar-refractivity contribution < 1.29 is 163 Å². The van der Waals surface area contributed by atoms with Crippen molar-refractivity contribution >= 4 is 66.1 Å². The summed E-state index contributed by atoms with van der Waals surface area (Å²) >= 11 is 0. The Kier molecular flexibility index (Phi) is 59.7. The Morgan fingerprint density at radius 2 is 0.455 bits per heavy atom. The summed E-state index contributed by atoms with van der Waals surface area (Å²) in [4.78, 5) is 140. The molecule has 9 N–H and O–H groups in total. The van der Waals surface area contributed by atoms with Crippen LogP contribution in [0.5, 0.6) is 0 Å². The third kappa shape index (κ3) is 54.6. The number of aliphatic carboxylic acids is 6. The summed E-state index contributed by atoms with van der Waals surface area (Å²) in [6.45, 7) is 5.72. The predicted molar refractivity (Wildman–Crippen MR) is 323 cm³/mol. The summed E-state index contributed by atoms with van der Waals surface area (Å²) in [5.74, 6) is -6.55. The molecule has 3 amide bonds. The Morgan fingerprint density at radius 3 is 0.670 bits per heavy atom. The minimum absolute atomic E-state index is 0. The van der Waals surface area contributed by atoms with Crippen LogP contribution in [0, 0.1) is 79.9 Å². The third-order valence-electron chi connectivity index (χ3n) is 14.6. The SMILES string of the molecule is C.O=CCCCCCCCCCCNC(=O)CCNC(=O)CN1CCN(CC(=O)O)CCN(CC(=O)O)CCN(CC(=O)O)CC1.O=CCCCCCCCCCCNC(=O)CN1CCN(CC(=O)O)CCN(CC(=O)O)CCN(CC(=O)O)CC1.[Gd+3].[Gd+3]. The van der Waals surface area contributed by atoms with E-state index in [1.165, 1.54) is 0 Å². The van der Waals surface area contributed by atoms with Crippen molar-refractivity contribution in [2.24, 2.45) is 0 Å². The molecule has 0 aromatic rings. The van der Waals surface area contributed by atoms with Crippen LogP contribution in [0.1, 0.15) is 129 Å². The first-order valence-corrected chi connectivity index (χ1v) is 30.5. The van der Waals surface area contributed by atoms with E-state index in [1.807, 2.05) is 9.80 Å². The molecule has 2 heterocycles. The van der Waals surface area contributed by atoms with Crippen LogP contribution in [0.3, 0.4) is 0 Å². The molecular formula is C58H107Gd2N11O17+6. The van der Waals surface area contributed by atoms with E-state index >= 15 is 0 Å². The van der Waals surface area contributed by atoms with Crippen molar-refractivity contribution in [2.75, 3.05) is 177 Å². The summed E-state index contributed by atoms with van der Waals surface area (Å²) in [6, 6.07) is 0. The van der Waals surface area contributed by atoms with Gasteiger partial charge in [-0.1, -0.05) is 84.5 Å². The van der Waals surface area contributed by atoms with Crippen LogP contribution in [-0.4, -0.2) is 313 Å². The Labute approximate surface area is 585 Å². The van der Waals surface area contributed by atoms with Gasteiger partial charge in [0.1, 0.15) is 12.6 Å². The quantitative estimate of drug-likeness (QED) is 0.0301. The zero-order valence-corrected chi connectivity index (χ0v) is 55.7. The molecule has 2 rings (SSSR count). The molecule has 0 unspecified atom stereocenters. The van der Waals surface area contributed by atoms with E-state index in [0.717, 1.165) is 115 Å². The second kappa shape index (κ2) is 58.9. The fraction of sp³-hybridized carbons (Fsp3) is 0.810. The summed E-state index contributed by atoms with van der Waals surface area (Å²) < 4.78 is 0. The van der Waals surface area contributed by atoms with Gasteiger partial charge in [0.25, 0.3) is 0 Å². The van der Waals surface area contributed by atoms with Crippen molar-refractivity contribution in [1.82, 2.24) is 55.1 Å². The van der Waals surface area contributed by atoms with E-state index in [1.54, 1.807) is 29.4 Å². The number of aldehydes is 2. The zero-order chi connectivity index (χ0) is 62.9. The van der Waals surface area contributed by atoms with Gasteiger partial charge in [-0.05, 0) is 25.7 Å². The molecule has 88 heavy (non-hydrogen) atoms. The van der Waals surface area contributed by atoms with Gasteiger partial charge in [-0.3, -0.25) is 82.4 Å². The largest absolute Gasteiger partial charge is 3.00 e. The molecule has 2 aliphatic rings. The summed E-state index contributed by atoms with van der Waals surface area (Å²) in [5.41, 5.74) is 0. The molecule has 0 atom stereocenters. The Morgan fingerprint density at radius 1 is 0.273 bits per heavy atom. The number of carbonyl (C=O) groups excluding carboxylic acids is 5. The number of hydrogen-bond acceptors (Lipinski definition) is 19. The Bertz CT molecular complexity index is 1890. The fourth-order valence-electron chi connectivity index (χ4n) is 9.77. The molecule has 28 nitrogen and oxygen atoms in total. The standard InChI is InChI=1S/C30H54N6O9.C27H49N5O8.CH4.2Gd/c37-21-9-7-5-3-1-2-4-6-8-11-31-26(38)10-12-32-27(39)22-33-13-15-34(23-28(40)41)17-19-36(25-30(44)45)20-18-35(16-14-33)24-29(42)43;33-19-9-7-5-3-1-2-4-6-8-10-28-24(34)20-29-11-13-30(21-25(35)36)15-17-32(23-27(39)40)18-16-31(14-12-29)22-26(37)38;;;/h21H,1-20,22-25H2,(H,31,38)(H,32,39)(H,40,41)(H,42,43)(H,44,45);19H,1-18,20-23H2,(H,28,34)(H,35,36)(H,37,38)(H,39,40);1H4;;/q;;;2*+3. The second-order valence-electron chi connectivity index (χ2n) is 21.9. The number of hydrogen-bond donors (Lipinski definition) is 9. The van der Waals surface area contributed by atoms with Gasteiger partial charge >= 0.3 is 116 Å². The summed E-state index contributed by atoms with van der Waals surface area (Å²) in [7, 11) is 0. The molecule has 0 spiro atoms. The molecule has 0 aliphatic carbocycles. The summed E-state index contributed by atoms with van der Waals surface area (Å²) in [6.07, 6.45) is 20.5. The zero-order valence-electron chi connectivity index (χ0n) is 51.1. The van der Waals surface area contributed by atoms with Crippen molar-refractivity contribution in [3.05, 3.63) is 0 Å². The van der Waals surface area contributed by atoms with Crippen LogP contribution in [0.4, 0.5) is 0 Å². The monoisotopic (exact) mass is 1550 g/mol. The number of rotatable bonds is 41. The van der Waals surface area contributed by atoms with Crippen LogP contribution < -0.4 is 16.0 Å². The van der Waals surface area contributed by atoms with E-state index < -0.39 is 35.8 Å². The van der Waals surface area contributed by atoms with E-state index in [9.17, 15) is 83.4 Å². The van der Waals surface area contributed by atoms with Crippen molar-refractivity contribution in [1.29, 1.82) is 0 Å². The number of carbonyl (C=O) groups is 11. The first kappa shape index (κ1) is 89.1. The smallest absolute Gasteiger partial charge is 0.480 e. The number of unbranched alkanes of at least 4 members (excludes halogenated alkanes) is 16. The first-order valence-electron chi connectivity index (χ1n) is 30.5. The van der Waals surface area contributed by atoms with Gasteiger partial charge in [0.15, 0.2) is 0 Å². The van der Waals surface area contributed by atoms with Gasteiger partial charge in [-0.25, -0.2) is 0 Å². The first-order chi connectivity index (χ1) is 40.8. The Hall–Kier alpha value is -3.10. The average Bonchev–Trinajstić information content (AvgIpc) is 3.56. The van der Waals surface area contributed by atoms with Gasteiger partial charge in [-0.15, -0.1) is 0 Å². The molecule has 2 saturated heterocycles. The van der Waals surface area contributed by atoms with Crippen LogP contribution in [-0.2, 0) is 52.7 Å². The van der Waals surface area contributed by atoms with E-state index in [4.69, 9.17) is 0 Å². The second-order valence-corrected chi connectivity index (χ2v) is 21.9. The molecule has 2 aliphatic heterocycles. The number of nitrogens with one attached hydrogen (secondary N) is 3. The van der Waals surface area contributed by atoms with Crippen molar-refractivity contribution in [3.8, 4) is 0 Å². The van der Waals surface area contributed by atoms with Gasteiger partial charge in [0.05, 0.1) is 52.4 Å². The van der Waals surface area contributed by atoms with E-state index in [-0.39, 0.29) is 170 Å². The molecule has 2 radical (unpaired) electrons. The topological polar surface area (TPSA) is 371 Å². The minimum atomic E-state index is -1.02. The van der Waals surface area contributed by atoms with Crippen molar-refractivity contribution in [3.63, 3.8) is 0 Å². The van der Waals surface area contributed by atoms with Gasteiger partial charge < -0.3 is 56.2 Å². The molecule has 0 aromatic heterocycles. The van der Waals surface area contributed by atoms with Crippen LogP contribution in [0.2, 0.25) is 0 Å². The Balaban J connectivity index is -0.00000160. The third-order valence-corrected chi connectivity index (χ3v) is 14.6. The van der Waals surface area contributed by atoms with Gasteiger partial charge in [-0.2, -0.15) is 0 Å². The molecule has 0 aromatic carbocycles. The number of carboxylic acid groups (broad SMARTS) is 6. The van der Waals surface area contributed by atoms with E-state index in [0.29, 0.717) is 131 Å². The molecule has 0 saturated carbocycles.